The predicted octanol–water partition coefficient (Wildman–Crippen LogP) is 5.45. The molecule has 1 unspecified atom stereocenters. The Morgan fingerprint density at radius 1 is 1.06 bits per heavy atom. The maximum atomic E-state index is 13.0. The Kier molecular flexibility index (Phi) is 6.71. The third-order valence-electron chi connectivity index (χ3n) is 5.93. The van der Waals surface area contributed by atoms with E-state index in [0.29, 0.717) is 44.1 Å². The largest absolute Gasteiger partial charge is 0.491 e. The average molecular weight is 490 g/mol. The number of rotatable bonds is 1. The van der Waals surface area contributed by atoms with Gasteiger partial charge < -0.3 is 19.3 Å². The minimum absolute atomic E-state index is 0.0179. The zero-order valence-corrected chi connectivity index (χ0v) is 20.4. The number of halogens is 3. The van der Waals surface area contributed by atoms with E-state index < -0.39 is 17.3 Å². The van der Waals surface area contributed by atoms with Crippen LogP contribution in [0.15, 0.2) is 47.5 Å². The number of nitrogens with zero attached hydrogens (tertiary/aromatic N) is 3. The average Bonchev–Trinajstić information content (AvgIpc) is 2.99. The van der Waals surface area contributed by atoms with Gasteiger partial charge in [0.05, 0.1) is 17.7 Å². The molecule has 6 nitrogen and oxygen atoms in total. The van der Waals surface area contributed by atoms with E-state index in [2.05, 4.69) is 4.90 Å². The number of fused-ring (bicyclic) bond motifs is 1. The SMILES string of the molecule is CC1CN(C(=O)OC(C)(C)C)CCN1C1=NCCOc2ccc(-c3ccc(C(F)(F)F)cc3)cc21. The molecule has 1 amide bonds. The predicted molar refractivity (Wildman–Crippen MR) is 128 cm³/mol. The van der Waals surface area contributed by atoms with Crippen molar-refractivity contribution in [3.8, 4) is 16.9 Å². The molecule has 0 spiro atoms. The molecular formula is C26H30F3N3O3. The van der Waals surface area contributed by atoms with Crippen molar-refractivity contribution in [1.82, 2.24) is 9.80 Å². The van der Waals surface area contributed by atoms with Gasteiger partial charge in [-0.15, -0.1) is 0 Å². The maximum Gasteiger partial charge on any atom is 0.416 e. The minimum atomic E-state index is -4.38. The second-order valence-corrected chi connectivity index (χ2v) is 9.81. The molecule has 2 aliphatic rings. The first-order chi connectivity index (χ1) is 16.4. The molecule has 188 valence electrons. The number of amidine groups is 1. The molecule has 4 rings (SSSR count). The number of benzene rings is 2. The number of ether oxygens (including phenoxy) is 2. The van der Waals surface area contributed by atoms with Crippen LogP contribution in [0.1, 0.15) is 38.8 Å². The third kappa shape index (κ3) is 5.71. The molecule has 0 bridgehead atoms. The van der Waals surface area contributed by atoms with Crippen molar-refractivity contribution in [2.24, 2.45) is 4.99 Å². The zero-order valence-electron chi connectivity index (χ0n) is 20.4. The van der Waals surface area contributed by atoms with Crippen molar-refractivity contribution in [2.45, 2.75) is 45.5 Å². The summed E-state index contributed by atoms with van der Waals surface area (Å²) in [6.45, 7) is 10.0. The number of hydrogen-bond donors (Lipinski definition) is 0. The monoisotopic (exact) mass is 489 g/mol. The lowest BCUT2D eigenvalue weighted by molar-refractivity contribution is -0.137. The fraction of sp³-hybridized carbons (Fsp3) is 0.462. The molecule has 0 N–H and O–H groups in total. The van der Waals surface area contributed by atoms with Crippen molar-refractivity contribution in [3.05, 3.63) is 53.6 Å². The first kappa shape index (κ1) is 24.9. The second-order valence-electron chi connectivity index (χ2n) is 9.81. The number of hydrogen-bond acceptors (Lipinski definition) is 5. The van der Waals surface area contributed by atoms with Gasteiger partial charge in [0.25, 0.3) is 0 Å². The van der Waals surface area contributed by atoms with E-state index >= 15 is 0 Å². The van der Waals surface area contributed by atoms with Crippen LogP contribution in [0.2, 0.25) is 0 Å². The number of piperazine rings is 1. The molecule has 2 aliphatic heterocycles. The van der Waals surface area contributed by atoms with Crippen LogP contribution >= 0.6 is 0 Å². The van der Waals surface area contributed by atoms with Crippen molar-refractivity contribution in [2.75, 3.05) is 32.8 Å². The summed E-state index contributed by atoms with van der Waals surface area (Å²) in [5.74, 6) is 1.45. The van der Waals surface area contributed by atoms with Crippen molar-refractivity contribution < 1.29 is 27.4 Å². The standard InChI is InChI=1S/C26H30F3N3O3/c1-17-16-31(24(33)35-25(2,3)4)12-13-32(17)23-21-15-19(7-10-22(21)34-14-11-30-23)18-5-8-20(9-6-18)26(27,28)29/h5-10,15,17H,11-14,16H2,1-4H3. The molecule has 0 radical (unpaired) electrons. The molecule has 0 saturated carbocycles. The smallest absolute Gasteiger partial charge is 0.416 e. The van der Waals surface area contributed by atoms with Gasteiger partial charge in [0.15, 0.2) is 0 Å². The summed E-state index contributed by atoms with van der Waals surface area (Å²) in [4.78, 5) is 21.2. The first-order valence-corrected chi connectivity index (χ1v) is 11.7. The van der Waals surface area contributed by atoms with Gasteiger partial charge in [0, 0.05) is 25.7 Å². The van der Waals surface area contributed by atoms with Gasteiger partial charge >= 0.3 is 12.3 Å². The summed E-state index contributed by atoms with van der Waals surface area (Å²) in [6.07, 6.45) is -4.71. The highest BCUT2D eigenvalue weighted by Gasteiger charge is 2.33. The normalized spacial score (nSPS) is 18.8. The number of amides is 1. The van der Waals surface area contributed by atoms with E-state index in [1.165, 1.54) is 12.1 Å². The Bertz CT molecular complexity index is 1110. The van der Waals surface area contributed by atoms with Crippen LogP contribution in [0.3, 0.4) is 0 Å². The Morgan fingerprint density at radius 2 is 1.74 bits per heavy atom. The van der Waals surface area contributed by atoms with Crippen LogP contribution in [-0.4, -0.2) is 66.2 Å². The van der Waals surface area contributed by atoms with E-state index in [0.717, 1.165) is 29.1 Å². The van der Waals surface area contributed by atoms with Crippen LogP contribution in [0.4, 0.5) is 18.0 Å². The molecule has 1 saturated heterocycles. The number of carbonyl (C=O) groups is 1. The summed E-state index contributed by atoms with van der Waals surface area (Å²) in [7, 11) is 0. The van der Waals surface area contributed by atoms with Gasteiger partial charge in [-0.2, -0.15) is 13.2 Å². The Morgan fingerprint density at radius 3 is 2.37 bits per heavy atom. The van der Waals surface area contributed by atoms with Gasteiger partial charge in [0.1, 0.15) is 23.8 Å². The van der Waals surface area contributed by atoms with Crippen LogP contribution in [0.5, 0.6) is 5.75 Å². The highest BCUT2D eigenvalue weighted by Crippen LogP contribution is 2.33. The van der Waals surface area contributed by atoms with E-state index in [1.54, 1.807) is 4.90 Å². The molecular weight excluding hydrogens is 459 g/mol. The highest BCUT2D eigenvalue weighted by atomic mass is 19.4. The number of carbonyl (C=O) groups excluding carboxylic acids is 1. The molecule has 0 aliphatic carbocycles. The summed E-state index contributed by atoms with van der Waals surface area (Å²) in [5, 5.41) is 0. The second kappa shape index (κ2) is 9.43. The summed E-state index contributed by atoms with van der Waals surface area (Å²) in [5.41, 5.74) is 0.993. The van der Waals surface area contributed by atoms with Crippen LogP contribution < -0.4 is 4.74 Å². The van der Waals surface area contributed by atoms with Gasteiger partial charge in [-0.1, -0.05) is 18.2 Å². The molecule has 2 heterocycles. The molecule has 0 aromatic heterocycles. The van der Waals surface area contributed by atoms with Crippen LogP contribution in [-0.2, 0) is 10.9 Å². The molecule has 2 aromatic rings. The van der Waals surface area contributed by atoms with Crippen molar-refractivity contribution >= 4 is 11.9 Å². The molecule has 1 fully saturated rings. The Labute approximate surface area is 203 Å². The van der Waals surface area contributed by atoms with Crippen molar-refractivity contribution in [1.29, 1.82) is 0 Å². The topological polar surface area (TPSA) is 54.4 Å². The molecule has 2 aromatic carbocycles. The van der Waals surface area contributed by atoms with Crippen LogP contribution in [0.25, 0.3) is 11.1 Å². The lowest BCUT2D eigenvalue weighted by Crippen LogP contribution is -2.56. The summed E-state index contributed by atoms with van der Waals surface area (Å²) in [6, 6.07) is 10.7. The molecule has 1 atom stereocenters. The van der Waals surface area contributed by atoms with E-state index in [9.17, 15) is 18.0 Å². The highest BCUT2D eigenvalue weighted by molar-refractivity contribution is 6.02. The third-order valence-corrected chi connectivity index (χ3v) is 5.93. The quantitative estimate of drug-likeness (QED) is 0.535. The summed E-state index contributed by atoms with van der Waals surface area (Å²) < 4.78 is 50.3. The van der Waals surface area contributed by atoms with E-state index in [4.69, 9.17) is 14.5 Å². The first-order valence-electron chi connectivity index (χ1n) is 11.7. The minimum Gasteiger partial charge on any atom is -0.491 e. The van der Waals surface area contributed by atoms with E-state index in [1.807, 2.05) is 45.9 Å². The maximum absolute atomic E-state index is 13.0. The summed E-state index contributed by atoms with van der Waals surface area (Å²) >= 11 is 0. The number of aliphatic imine (C=N–C) groups is 1. The lowest BCUT2D eigenvalue weighted by atomic mass is 9.99. The molecule has 35 heavy (non-hydrogen) atoms. The molecule has 9 heteroatoms. The lowest BCUT2D eigenvalue weighted by Gasteiger charge is -2.41. The fourth-order valence-corrected chi connectivity index (χ4v) is 4.26. The van der Waals surface area contributed by atoms with Gasteiger partial charge in [-0.3, -0.25) is 4.99 Å². The fourth-order valence-electron chi connectivity index (χ4n) is 4.26. The zero-order chi connectivity index (χ0) is 25.4. The van der Waals surface area contributed by atoms with Crippen molar-refractivity contribution in [3.63, 3.8) is 0 Å². The Hall–Kier alpha value is -3.23. The Balaban J connectivity index is 1.58. The van der Waals surface area contributed by atoms with E-state index in [-0.39, 0.29) is 12.1 Å². The van der Waals surface area contributed by atoms with Crippen LogP contribution in [0, 0.1) is 0 Å². The van der Waals surface area contributed by atoms with Gasteiger partial charge in [-0.05, 0) is 63.1 Å². The number of alkyl halides is 3. The van der Waals surface area contributed by atoms with Gasteiger partial charge in [-0.25, -0.2) is 4.79 Å². The van der Waals surface area contributed by atoms with Gasteiger partial charge in [0.2, 0.25) is 0 Å².